The van der Waals surface area contributed by atoms with Crippen molar-refractivity contribution in [2.45, 2.75) is 32.2 Å². The number of nitrogens with one attached hydrogen (secondary N) is 1. The Morgan fingerprint density at radius 1 is 1.24 bits per heavy atom. The van der Waals surface area contributed by atoms with E-state index >= 15 is 0 Å². The van der Waals surface area contributed by atoms with Gasteiger partial charge in [-0.25, -0.2) is 0 Å². The molecule has 0 aromatic heterocycles. The van der Waals surface area contributed by atoms with Crippen molar-refractivity contribution in [3.63, 3.8) is 0 Å². The molecule has 0 spiro atoms. The lowest BCUT2D eigenvalue weighted by atomic mass is 9.97. The molecule has 1 N–H and O–H groups in total. The maximum absolute atomic E-state index is 5.62. The summed E-state index contributed by atoms with van der Waals surface area (Å²) in [7, 11) is 0. The van der Waals surface area contributed by atoms with Gasteiger partial charge in [0.2, 0.25) is 0 Å². The molecule has 5 heteroatoms. The summed E-state index contributed by atoms with van der Waals surface area (Å²) in [4.78, 5) is 2.64. The third-order valence-electron chi connectivity index (χ3n) is 4.25. The smallest absolute Gasteiger partial charge is 0.122 e. The molecule has 0 unspecified atom stereocenters. The number of fused-ring (bicyclic) bond motifs is 1. The summed E-state index contributed by atoms with van der Waals surface area (Å²) in [6.07, 6.45) is 3.56. The van der Waals surface area contributed by atoms with E-state index in [2.05, 4.69) is 35.3 Å². The van der Waals surface area contributed by atoms with E-state index in [1.807, 2.05) is 0 Å². The summed E-state index contributed by atoms with van der Waals surface area (Å²) in [6.45, 7) is 7.70. The van der Waals surface area contributed by atoms with Crippen molar-refractivity contribution in [3.8, 4) is 5.75 Å². The van der Waals surface area contributed by atoms with Crippen LogP contribution in [0.25, 0.3) is 0 Å². The largest absolute Gasteiger partial charge is 0.493 e. The molecule has 0 amide bonds. The van der Waals surface area contributed by atoms with Gasteiger partial charge in [-0.05, 0) is 23.6 Å². The van der Waals surface area contributed by atoms with Crippen LogP contribution in [-0.4, -0.2) is 37.7 Å². The van der Waals surface area contributed by atoms with Gasteiger partial charge in [0.25, 0.3) is 0 Å². The highest BCUT2D eigenvalue weighted by atomic mass is 35.5. The molecule has 0 radical (unpaired) electrons. The van der Waals surface area contributed by atoms with Crippen LogP contribution < -0.4 is 10.1 Å². The first-order valence-electron chi connectivity index (χ1n) is 7.59. The molecule has 1 aromatic carbocycles. The van der Waals surface area contributed by atoms with Crippen LogP contribution in [0.3, 0.4) is 0 Å². The molecule has 2 heterocycles. The summed E-state index contributed by atoms with van der Waals surface area (Å²) in [5, 5.41) is 3.44. The number of hydrogen-bond donors (Lipinski definition) is 1. The minimum Gasteiger partial charge on any atom is -0.493 e. The van der Waals surface area contributed by atoms with Gasteiger partial charge >= 0.3 is 0 Å². The molecule has 0 saturated carbocycles. The van der Waals surface area contributed by atoms with Crippen LogP contribution in [0.2, 0.25) is 0 Å². The molecular formula is C16H26Cl2N2O. The fourth-order valence-electron chi connectivity index (χ4n) is 3.24. The topological polar surface area (TPSA) is 24.5 Å². The van der Waals surface area contributed by atoms with Crippen molar-refractivity contribution in [1.82, 2.24) is 10.2 Å². The molecule has 3 rings (SSSR count). The number of ether oxygens (including phenoxy) is 1. The Bertz CT molecular complexity index is 436. The first-order valence-corrected chi connectivity index (χ1v) is 7.59. The van der Waals surface area contributed by atoms with Gasteiger partial charge in [-0.2, -0.15) is 0 Å². The zero-order valence-electron chi connectivity index (χ0n) is 12.6. The van der Waals surface area contributed by atoms with Gasteiger partial charge < -0.3 is 10.1 Å². The molecule has 120 valence electrons. The maximum Gasteiger partial charge on any atom is 0.122 e. The van der Waals surface area contributed by atoms with Crippen LogP contribution >= 0.6 is 24.8 Å². The molecule has 2 aliphatic rings. The van der Waals surface area contributed by atoms with E-state index in [0.29, 0.717) is 6.04 Å². The minimum absolute atomic E-state index is 0. The SMILES string of the molecule is CCC[C@H](c1ccc2c(c1)CCO2)N1CCNCC1.Cl.Cl. The van der Waals surface area contributed by atoms with Gasteiger partial charge in [0.1, 0.15) is 5.75 Å². The zero-order valence-corrected chi connectivity index (χ0v) is 14.3. The Morgan fingerprint density at radius 3 is 2.71 bits per heavy atom. The molecule has 3 nitrogen and oxygen atoms in total. The number of rotatable bonds is 4. The van der Waals surface area contributed by atoms with Gasteiger partial charge in [-0.3, -0.25) is 4.90 Å². The maximum atomic E-state index is 5.62. The Morgan fingerprint density at radius 2 is 2.00 bits per heavy atom. The van der Waals surface area contributed by atoms with Crippen LogP contribution in [0.1, 0.15) is 36.9 Å². The van der Waals surface area contributed by atoms with Crippen molar-refractivity contribution in [2.24, 2.45) is 0 Å². The van der Waals surface area contributed by atoms with Gasteiger partial charge in [-0.15, -0.1) is 24.8 Å². The van der Waals surface area contributed by atoms with Crippen LogP contribution in [0.4, 0.5) is 0 Å². The highest BCUT2D eigenvalue weighted by Gasteiger charge is 2.23. The fourth-order valence-corrected chi connectivity index (χ4v) is 3.24. The van der Waals surface area contributed by atoms with Crippen molar-refractivity contribution in [1.29, 1.82) is 0 Å². The first kappa shape index (κ1) is 18.6. The van der Waals surface area contributed by atoms with Crippen molar-refractivity contribution >= 4 is 24.8 Å². The quantitative estimate of drug-likeness (QED) is 0.916. The van der Waals surface area contributed by atoms with Gasteiger partial charge in [0.05, 0.1) is 6.61 Å². The highest BCUT2D eigenvalue weighted by Crippen LogP contribution is 2.32. The molecule has 0 bridgehead atoms. The van der Waals surface area contributed by atoms with E-state index in [0.717, 1.165) is 45.0 Å². The average Bonchev–Trinajstić information content (AvgIpc) is 2.93. The molecular weight excluding hydrogens is 307 g/mol. The molecule has 0 aliphatic carbocycles. The molecule has 1 fully saturated rings. The van der Waals surface area contributed by atoms with Crippen LogP contribution in [-0.2, 0) is 6.42 Å². The van der Waals surface area contributed by atoms with Crippen molar-refractivity contribution < 1.29 is 4.74 Å². The van der Waals surface area contributed by atoms with E-state index in [1.165, 1.54) is 24.0 Å². The lowest BCUT2D eigenvalue weighted by Crippen LogP contribution is -2.45. The standard InChI is InChI=1S/C16H24N2O.2ClH/c1-2-3-15(18-9-7-17-8-10-18)13-4-5-16-14(12-13)6-11-19-16;;/h4-5,12,15,17H,2-3,6-11H2,1H3;2*1H/t15-;;/m1../s1. The van der Waals surface area contributed by atoms with Gasteiger partial charge in [0, 0.05) is 38.6 Å². The lowest BCUT2D eigenvalue weighted by molar-refractivity contribution is 0.164. The third-order valence-corrected chi connectivity index (χ3v) is 4.25. The Kier molecular flexibility index (Phi) is 7.82. The number of hydrogen-bond acceptors (Lipinski definition) is 3. The third kappa shape index (κ3) is 4.26. The monoisotopic (exact) mass is 332 g/mol. The Balaban J connectivity index is 0.00000110. The van der Waals surface area contributed by atoms with E-state index in [9.17, 15) is 0 Å². The number of halogens is 2. The van der Waals surface area contributed by atoms with E-state index in [-0.39, 0.29) is 24.8 Å². The predicted octanol–water partition coefficient (Wildman–Crippen LogP) is 3.21. The summed E-state index contributed by atoms with van der Waals surface area (Å²) < 4.78 is 5.62. The minimum atomic E-state index is 0. The summed E-state index contributed by atoms with van der Waals surface area (Å²) in [5.41, 5.74) is 2.88. The molecule has 2 aliphatic heterocycles. The number of piperazine rings is 1. The molecule has 21 heavy (non-hydrogen) atoms. The Hall–Kier alpha value is -0.480. The predicted molar refractivity (Wildman–Crippen MR) is 92.2 cm³/mol. The molecule has 1 aromatic rings. The van der Waals surface area contributed by atoms with E-state index < -0.39 is 0 Å². The highest BCUT2D eigenvalue weighted by molar-refractivity contribution is 5.85. The van der Waals surface area contributed by atoms with Crippen LogP contribution in [0.5, 0.6) is 5.75 Å². The zero-order chi connectivity index (χ0) is 13.1. The van der Waals surface area contributed by atoms with Crippen molar-refractivity contribution in [3.05, 3.63) is 29.3 Å². The van der Waals surface area contributed by atoms with Gasteiger partial charge in [-0.1, -0.05) is 25.5 Å². The second-order valence-corrected chi connectivity index (χ2v) is 5.56. The van der Waals surface area contributed by atoms with E-state index in [1.54, 1.807) is 0 Å². The lowest BCUT2D eigenvalue weighted by Gasteiger charge is -2.35. The number of benzene rings is 1. The number of nitrogens with zero attached hydrogens (tertiary/aromatic N) is 1. The Labute approximate surface area is 140 Å². The van der Waals surface area contributed by atoms with Gasteiger partial charge in [0.15, 0.2) is 0 Å². The molecule has 1 saturated heterocycles. The van der Waals surface area contributed by atoms with Crippen LogP contribution in [0, 0.1) is 0 Å². The first-order chi connectivity index (χ1) is 9.38. The average molecular weight is 333 g/mol. The second kappa shape index (κ2) is 8.84. The summed E-state index contributed by atoms with van der Waals surface area (Å²) in [6, 6.07) is 7.40. The van der Waals surface area contributed by atoms with Crippen LogP contribution in [0.15, 0.2) is 18.2 Å². The summed E-state index contributed by atoms with van der Waals surface area (Å²) >= 11 is 0. The normalized spacial score (nSPS) is 18.9. The summed E-state index contributed by atoms with van der Waals surface area (Å²) in [5.74, 6) is 1.10. The van der Waals surface area contributed by atoms with Crippen molar-refractivity contribution in [2.75, 3.05) is 32.8 Å². The second-order valence-electron chi connectivity index (χ2n) is 5.56. The molecule has 1 atom stereocenters. The van der Waals surface area contributed by atoms with E-state index in [4.69, 9.17) is 4.74 Å². The fraction of sp³-hybridized carbons (Fsp3) is 0.625.